The highest BCUT2D eigenvalue weighted by Gasteiger charge is 2.24. The van der Waals surface area contributed by atoms with Gasteiger partial charge in [-0.1, -0.05) is 5.16 Å². The van der Waals surface area contributed by atoms with Crippen LogP contribution in [0.2, 0.25) is 0 Å². The Hall–Kier alpha value is -2.23. The second-order valence-electron chi connectivity index (χ2n) is 6.09. The van der Waals surface area contributed by atoms with Gasteiger partial charge in [0.05, 0.1) is 0 Å². The maximum absolute atomic E-state index is 11.7. The monoisotopic (exact) mass is 341 g/mol. The lowest BCUT2D eigenvalue weighted by Gasteiger charge is -2.18. The van der Waals surface area contributed by atoms with E-state index in [1.54, 1.807) is 20.8 Å². The Morgan fingerprint density at radius 2 is 2.13 bits per heavy atom. The fraction of sp³-hybridized carbons (Fsp3) is 0.615. The smallest absolute Gasteiger partial charge is 0.414 e. The largest absolute Gasteiger partial charge is 0.444 e. The van der Waals surface area contributed by atoms with E-state index < -0.39 is 17.6 Å². The van der Waals surface area contributed by atoms with Crippen LogP contribution in [0, 0.1) is 5.92 Å². The van der Waals surface area contributed by atoms with Gasteiger partial charge in [0.15, 0.2) is 0 Å². The van der Waals surface area contributed by atoms with Gasteiger partial charge in [-0.2, -0.15) is 9.36 Å². The maximum Gasteiger partial charge on any atom is 0.414 e. The molecule has 0 aromatic carbocycles. The first-order valence-corrected chi connectivity index (χ1v) is 7.86. The number of oxime groups is 1. The third kappa shape index (κ3) is 5.81. The summed E-state index contributed by atoms with van der Waals surface area (Å²) in [6, 6.07) is 0. The predicted octanol–water partition coefficient (Wildman–Crippen LogP) is 1.50. The molecule has 0 unspecified atom stereocenters. The summed E-state index contributed by atoms with van der Waals surface area (Å²) in [4.78, 5) is 32.2. The summed E-state index contributed by atoms with van der Waals surface area (Å²) in [5, 5.41) is 6.31. The molecule has 2 amide bonds. The van der Waals surface area contributed by atoms with Crippen LogP contribution in [0.5, 0.6) is 0 Å². The second kappa shape index (κ2) is 6.90. The van der Waals surface area contributed by atoms with Crippen molar-refractivity contribution in [3.05, 3.63) is 5.82 Å². The molecule has 3 N–H and O–H groups in total. The van der Waals surface area contributed by atoms with Crippen LogP contribution >= 0.6 is 11.5 Å². The van der Waals surface area contributed by atoms with Crippen LogP contribution in [0.15, 0.2) is 5.16 Å². The van der Waals surface area contributed by atoms with Crippen LogP contribution < -0.4 is 11.1 Å². The molecule has 1 saturated carbocycles. The van der Waals surface area contributed by atoms with Crippen molar-refractivity contribution in [2.24, 2.45) is 16.8 Å². The third-order valence-corrected chi connectivity index (χ3v) is 3.27. The number of hydrogen-bond acceptors (Lipinski definition) is 8. The number of nitrogens with one attached hydrogen (secondary N) is 1. The number of hydrogen-bond donors (Lipinski definition) is 2. The average Bonchev–Trinajstić information content (AvgIpc) is 3.11. The summed E-state index contributed by atoms with van der Waals surface area (Å²) >= 11 is 0.884. The Morgan fingerprint density at radius 1 is 1.43 bits per heavy atom. The minimum absolute atomic E-state index is 0.00403. The molecule has 10 heteroatoms. The molecule has 0 spiro atoms. The molecular weight excluding hydrogens is 322 g/mol. The highest BCUT2D eigenvalue weighted by Crippen LogP contribution is 2.28. The van der Waals surface area contributed by atoms with Crippen LogP contribution in [-0.2, 0) is 14.4 Å². The summed E-state index contributed by atoms with van der Waals surface area (Å²) < 4.78 is 9.05. The van der Waals surface area contributed by atoms with Crippen molar-refractivity contribution >= 4 is 34.4 Å². The molecule has 0 bridgehead atoms. The average molecular weight is 341 g/mol. The van der Waals surface area contributed by atoms with Gasteiger partial charge in [-0.25, -0.2) is 4.79 Å². The summed E-state index contributed by atoms with van der Waals surface area (Å²) in [6.45, 7) is 5.66. The Morgan fingerprint density at radius 3 is 2.70 bits per heavy atom. The first kappa shape index (κ1) is 17.1. The zero-order valence-electron chi connectivity index (χ0n) is 13.2. The quantitative estimate of drug-likeness (QED) is 0.596. The van der Waals surface area contributed by atoms with Crippen molar-refractivity contribution in [2.75, 3.05) is 11.9 Å². The minimum atomic E-state index is -0.803. The van der Waals surface area contributed by atoms with Crippen LogP contribution in [-0.4, -0.2) is 39.3 Å². The maximum atomic E-state index is 11.7. The van der Waals surface area contributed by atoms with Gasteiger partial charge in [-0.05, 0) is 39.5 Å². The first-order valence-electron chi connectivity index (χ1n) is 7.08. The number of ether oxygens (including phenoxy) is 1. The van der Waals surface area contributed by atoms with Gasteiger partial charge in [0.25, 0.3) is 5.91 Å². The number of nitrogens with two attached hydrogens (primary N) is 1. The van der Waals surface area contributed by atoms with Gasteiger partial charge in [-0.3, -0.25) is 10.1 Å². The molecular formula is C13H19N5O4S. The Labute approximate surface area is 137 Å². The molecule has 2 rings (SSSR count). The fourth-order valence-corrected chi connectivity index (χ4v) is 2.01. The first-order chi connectivity index (χ1) is 10.7. The normalized spacial score (nSPS) is 15.2. The number of nitrogens with zero attached hydrogens (tertiary/aromatic N) is 3. The third-order valence-electron chi connectivity index (χ3n) is 2.64. The highest BCUT2D eigenvalue weighted by atomic mass is 32.1. The van der Waals surface area contributed by atoms with Crippen molar-refractivity contribution in [3.63, 3.8) is 0 Å². The molecule has 0 atom stereocenters. The lowest BCUT2D eigenvalue weighted by Crippen LogP contribution is -2.27. The molecule has 9 nitrogen and oxygen atoms in total. The zero-order valence-corrected chi connectivity index (χ0v) is 14.0. The van der Waals surface area contributed by atoms with Crippen molar-refractivity contribution in [1.82, 2.24) is 9.36 Å². The van der Waals surface area contributed by atoms with Crippen LogP contribution in [0.3, 0.4) is 0 Å². The number of anilines is 1. The molecule has 23 heavy (non-hydrogen) atoms. The van der Waals surface area contributed by atoms with E-state index >= 15 is 0 Å². The molecule has 1 aromatic rings. The van der Waals surface area contributed by atoms with Gasteiger partial charge in [0.1, 0.15) is 12.2 Å². The molecule has 0 saturated heterocycles. The molecule has 126 valence electrons. The number of amides is 2. The Kier molecular flexibility index (Phi) is 5.14. The topological polar surface area (TPSA) is 129 Å². The van der Waals surface area contributed by atoms with Gasteiger partial charge < -0.3 is 15.3 Å². The molecule has 1 aliphatic carbocycles. The van der Waals surface area contributed by atoms with Crippen LogP contribution in [0.1, 0.15) is 39.4 Å². The predicted molar refractivity (Wildman–Crippen MR) is 84.2 cm³/mol. The van der Waals surface area contributed by atoms with Crippen molar-refractivity contribution in [1.29, 1.82) is 0 Å². The SMILES string of the molecule is CC(C)(C)OC(=O)Nc1nc(C(=NOCC2CC2)C(N)=O)ns1. The summed E-state index contributed by atoms with van der Waals surface area (Å²) in [5.74, 6) is -0.313. The number of aromatic nitrogens is 2. The van der Waals surface area contributed by atoms with E-state index in [0.29, 0.717) is 12.5 Å². The Bertz CT molecular complexity index is 618. The number of carbonyl (C=O) groups excluding carboxylic acids is 2. The van der Waals surface area contributed by atoms with Crippen LogP contribution in [0.25, 0.3) is 0 Å². The van der Waals surface area contributed by atoms with Crippen LogP contribution in [0.4, 0.5) is 9.93 Å². The molecule has 0 aliphatic heterocycles. The molecule has 1 fully saturated rings. The van der Waals surface area contributed by atoms with E-state index in [9.17, 15) is 9.59 Å². The lowest BCUT2D eigenvalue weighted by atomic mass is 10.2. The standard InChI is InChI=1S/C13H19N5O4S/c1-13(2,3)22-12(20)16-11-15-10(18-23-11)8(9(14)19)17-21-6-7-4-5-7/h7H,4-6H2,1-3H3,(H2,14,19)(H,15,16,18,20). The Balaban J connectivity index is 1.99. The van der Waals surface area contributed by atoms with Crippen molar-refractivity contribution < 1.29 is 19.2 Å². The highest BCUT2D eigenvalue weighted by molar-refractivity contribution is 7.10. The van der Waals surface area contributed by atoms with Gasteiger partial charge in [0, 0.05) is 11.5 Å². The fourth-order valence-electron chi connectivity index (χ4n) is 1.45. The van der Waals surface area contributed by atoms with E-state index in [0.717, 1.165) is 24.4 Å². The summed E-state index contributed by atoms with van der Waals surface area (Å²) in [5.41, 5.74) is 4.45. The summed E-state index contributed by atoms with van der Waals surface area (Å²) in [7, 11) is 0. The van der Waals surface area contributed by atoms with Crippen molar-refractivity contribution in [3.8, 4) is 0 Å². The van der Waals surface area contributed by atoms with E-state index in [1.807, 2.05) is 0 Å². The van der Waals surface area contributed by atoms with E-state index in [4.69, 9.17) is 15.3 Å². The number of rotatable bonds is 6. The minimum Gasteiger partial charge on any atom is -0.444 e. The zero-order chi connectivity index (χ0) is 17.0. The van der Waals surface area contributed by atoms with Gasteiger partial charge in [-0.15, -0.1) is 0 Å². The second-order valence-corrected chi connectivity index (χ2v) is 6.85. The van der Waals surface area contributed by atoms with E-state index in [-0.39, 0.29) is 16.7 Å². The number of primary amides is 1. The number of carbonyl (C=O) groups is 2. The molecule has 1 heterocycles. The molecule has 1 aliphatic rings. The lowest BCUT2D eigenvalue weighted by molar-refractivity contribution is -0.112. The van der Waals surface area contributed by atoms with E-state index in [2.05, 4.69) is 19.8 Å². The molecule has 1 aromatic heterocycles. The van der Waals surface area contributed by atoms with Crippen molar-refractivity contribution in [2.45, 2.75) is 39.2 Å². The molecule has 0 radical (unpaired) electrons. The van der Waals surface area contributed by atoms with E-state index in [1.165, 1.54) is 0 Å². The summed E-state index contributed by atoms with van der Waals surface area (Å²) in [6.07, 6.45) is 1.53. The van der Waals surface area contributed by atoms with Gasteiger partial charge in [0.2, 0.25) is 16.7 Å². The van der Waals surface area contributed by atoms with Gasteiger partial charge >= 0.3 is 6.09 Å².